The van der Waals surface area contributed by atoms with Gasteiger partial charge in [0.2, 0.25) is 0 Å². The van der Waals surface area contributed by atoms with Gasteiger partial charge in [-0.15, -0.1) is 0 Å². The second-order valence-corrected chi connectivity index (χ2v) is 20.6. The van der Waals surface area contributed by atoms with Crippen LogP contribution in [0.15, 0.2) is 95.7 Å². The molecule has 6 aromatic rings. The Morgan fingerprint density at radius 2 is 1.72 bits per heavy atom. The van der Waals surface area contributed by atoms with Gasteiger partial charge in [-0.3, -0.25) is 19.8 Å². The number of aromatic nitrogens is 4. The topological polar surface area (TPSA) is 175 Å². The van der Waals surface area contributed by atoms with Gasteiger partial charge in [0.25, 0.3) is 21.6 Å². The number of hydrogen-bond donors (Lipinski definition) is 3. The van der Waals surface area contributed by atoms with Crippen LogP contribution in [0.5, 0.6) is 0 Å². The lowest BCUT2D eigenvalue weighted by molar-refractivity contribution is -0.384. The highest BCUT2D eigenvalue weighted by Gasteiger charge is 2.35. The SMILES string of the molecule is CN1CCC(F)(CNc2ccc(S(=O)(=O)NC(=O)c3ccc(N4CCN(CC5=C(c6ccc(Cl)cc6)CC(C)(C)CC5)CC4)cc3-n3ncc4nc5[nH]ccc5cc43)cc2[N+](=O)[O-])CC1. The molecule has 9 rings (SSSR count). The van der Waals surface area contributed by atoms with Crippen molar-refractivity contribution in [1.82, 2.24) is 34.3 Å². The summed E-state index contributed by atoms with van der Waals surface area (Å²) in [5.41, 5.74) is 5.14. The maximum atomic E-state index is 15.5. The standard InChI is InChI=1S/C47H52ClFN10O5S/c1-46(2)14-12-33(38(27-46)31-4-6-34(48)7-5-31)29-56-20-22-57(23-21-56)35-8-10-37(41(25-35)58-42-24-32-13-17-50-44(32)53-40(42)28-52-58)45(60)54-65(63,64)36-9-11-39(43(26-36)59(61)62)51-30-47(49)15-18-55(3)19-16-47/h4-11,13,17,24-26,28,51H,12,14-16,18-23,27,29-30H2,1-3H3,(H,50,53)(H,54,60). The lowest BCUT2D eigenvalue weighted by Crippen LogP contribution is -2.47. The summed E-state index contributed by atoms with van der Waals surface area (Å²) < 4.78 is 46.9. The van der Waals surface area contributed by atoms with E-state index < -0.39 is 37.1 Å². The van der Waals surface area contributed by atoms with Crippen molar-refractivity contribution in [2.75, 3.05) is 69.6 Å². The van der Waals surface area contributed by atoms with Crippen molar-refractivity contribution in [2.45, 2.75) is 56.5 Å². The van der Waals surface area contributed by atoms with Crippen molar-refractivity contribution in [3.63, 3.8) is 0 Å². The van der Waals surface area contributed by atoms with Gasteiger partial charge < -0.3 is 20.1 Å². The Bertz CT molecular complexity index is 2940. The molecule has 5 heterocycles. The van der Waals surface area contributed by atoms with Crippen molar-refractivity contribution < 1.29 is 22.5 Å². The summed E-state index contributed by atoms with van der Waals surface area (Å²) in [5.74, 6) is -0.956. The number of pyridine rings is 1. The average molecular weight is 924 g/mol. The zero-order valence-corrected chi connectivity index (χ0v) is 38.2. The number of piperidine rings is 1. The normalized spacial score (nSPS) is 18.3. The molecule has 0 bridgehead atoms. The number of nitro groups is 1. The lowest BCUT2D eigenvalue weighted by Gasteiger charge is -2.39. The first-order valence-electron chi connectivity index (χ1n) is 21.9. The molecule has 2 aliphatic heterocycles. The van der Waals surface area contributed by atoms with E-state index in [1.807, 2.05) is 42.3 Å². The third-order valence-electron chi connectivity index (χ3n) is 13.2. The van der Waals surface area contributed by atoms with Gasteiger partial charge in [-0.1, -0.05) is 43.2 Å². The Balaban J connectivity index is 0.972. The largest absolute Gasteiger partial charge is 0.376 e. The highest BCUT2D eigenvalue weighted by Crippen LogP contribution is 2.43. The van der Waals surface area contributed by atoms with Crippen molar-refractivity contribution in [2.24, 2.45) is 5.41 Å². The Hall–Kier alpha value is -5.88. The molecule has 3 N–H and O–H groups in total. The molecule has 0 radical (unpaired) electrons. The van der Waals surface area contributed by atoms with Crippen LogP contribution in [0.25, 0.3) is 33.3 Å². The summed E-state index contributed by atoms with van der Waals surface area (Å²) in [5, 5.41) is 21.2. The van der Waals surface area contributed by atoms with Crippen LogP contribution in [0.1, 0.15) is 61.9 Å². The maximum absolute atomic E-state index is 15.5. The summed E-state index contributed by atoms with van der Waals surface area (Å²) in [6, 6.07) is 20.4. The number of nitrogens with one attached hydrogen (secondary N) is 3. The predicted molar refractivity (Wildman–Crippen MR) is 252 cm³/mol. The van der Waals surface area contributed by atoms with Crippen molar-refractivity contribution in [1.29, 1.82) is 0 Å². The minimum absolute atomic E-state index is 0.0103. The number of carbonyl (C=O) groups is 1. The van der Waals surface area contributed by atoms with Gasteiger partial charge in [0.1, 0.15) is 22.5 Å². The molecule has 2 saturated heterocycles. The zero-order chi connectivity index (χ0) is 45.7. The number of nitro benzene ring substituents is 1. The number of amides is 1. The number of halogens is 2. The van der Waals surface area contributed by atoms with Gasteiger partial charge in [0.15, 0.2) is 0 Å². The molecule has 0 saturated carbocycles. The van der Waals surface area contributed by atoms with Gasteiger partial charge in [-0.25, -0.2) is 27.2 Å². The molecule has 18 heteroatoms. The van der Waals surface area contributed by atoms with Crippen LogP contribution in [-0.4, -0.2) is 114 Å². The molecule has 0 unspecified atom stereocenters. The fourth-order valence-corrected chi connectivity index (χ4v) is 10.4. The maximum Gasteiger partial charge on any atom is 0.293 e. The number of alkyl halides is 1. The lowest BCUT2D eigenvalue weighted by atomic mass is 9.72. The third-order valence-corrected chi connectivity index (χ3v) is 14.8. The quantitative estimate of drug-likeness (QED) is 0.0797. The number of rotatable bonds is 12. The number of H-pyrrole nitrogens is 1. The number of aromatic amines is 1. The highest BCUT2D eigenvalue weighted by molar-refractivity contribution is 7.90. The summed E-state index contributed by atoms with van der Waals surface area (Å²) in [6.45, 7) is 9.51. The van der Waals surface area contributed by atoms with Crippen LogP contribution < -0.4 is 14.9 Å². The molecule has 0 spiro atoms. The number of sulfonamides is 1. The summed E-state index contributed by atoms with van der Waals surface area (Å²) in [7, 11) is -2.74. The molecule has 3 aromatic heterocycles. The number of benzene rings is 3. The van der Waals surface area contributed by atoms with Crippen LogP contribution >= 0.6 is 11.6 Å². The second kappa shape index (κ2) is 17.5. The predicted octanol–water partition coefficient (Wildman–Crippen LogP) is 8.21. The van der Waals surface area contributed by atoms with Crippen LogP contribution in [0, 0.1) is 15.5 Å². The van der Waals surface area contributed by atoms with E-state index in [1.54, 1.807) is 29.2 Å². The molecule has 3 aromatic carbocycles. The molecular weight excluding hydrogens is 871 g/mol. The fraction of sp³-hybridized carbons (Fsp3) is 0.383. The molecular formula is C47H52ClFN10O5S. The first kappa shape index (κ1) is 44.3. The molecule has 1 amide bonds. The van der Waals surface area contributed by atoms with E-state index in [1.165, 1.54) is 22.8 Å². The number of piperazine rings is 1. The van der Waals surface area contributed by atoms with E-state index >= 15 is 4.39 Å². The molecule has 3 aliphatic rings. The number of likely N-dealkylation sites (tertiary alicyclic amines) is 1. The van der Waals surface area contributed by atoms with Gasteiger partial charge >= 0.3 is 0 Å². The number of carbonyl (C=O) groups excluding carboxylic acids is 1. The molecule has 1 aliphatic carbocycles. The van der Waals surface area contributed by atoms with Crippen LogP contribution in [0.3, 0.4) is 0 Å². The molecule has 15 nitrogen and oxygen atoms in total. The van der Waals surface area contributed by atoms with Gasteiger partial charge in [-0.05, 0) is 110 Å². The number of anilines is 2. The number of nitrogens with zero attached hydrogens (tertiary/aromatic N) is 7. The van der Waals surface area contributed by atoms with Crippen LogP contribution in [0.2, 0.25) is 5.02 Å². The number of fused-ring (bicyclic) bond motifs is 2. The molecule has 65 heavy (non-hydrogen) atoms. The first-order valence-corrected chi connectivity index (χ1v) is 23.8. The number of hydrogen-bond acceptors (Lipinski definition) is 11. The zero-order valence-electron chi connectivity index (χ0n) is 36.6. The smallest absolute Gasteiger partial charge is 0.293 e. The van der Waals surface area contributed by atoms with E-state index in [4.69, 9.17) is 16.6 Å². The third kappa shape index (κ3) is 9.46. The average Bonchev–Trinajstić information content (AvgIpc) is 3.93. The molecule has 340 valence electrons. The fourth-order valence-electron chi connectivity index (χ4n) is 9.26. The van der Waals surface area contributed by atoms with Crippen molar-refractivity contribution in [3.05, 3.63) is 117 Å². The number of allylic oxidation sites excluding steroid dienone is 1. The van der Waals surface area contributed by atoms with Gasteiger partial charge in [0, 0.05) is 80.7 Å². The Labute approximate surface area is 381 Å². The monoisotopic (exact) mass is 922 g/mol. The summed E-state index contributed by atoms with van der Waals surface area (Å²) in [4.78, 5) is 39.7. The van der Waals surface area contributed by atoms with E-state index in [2.05, 4.69) is 55.9 Å². The Morgan fingerprint density at radius 1 is 0.969 bits per heavy atom. The summed E-state index contributed by atoms with van der Waals surface area (Å²) in [6.07, 6.45) is 7.05. The van der Waals surface area contributed by atoms with Crippen molar-refractivity contribution in [3.8, 4) is 5.69 Å². The van der Waals surface area contributed by atoms with Crippen LogP contribution in [-0.2, 0) is 10.0 Å². The first-order chi connectivity index (χ1) is 31.0. The van der Waals surface area contributed by atoms with E-state index in [-0.39, 0.29) is 36.1 Å². The minimum atomic E-state index is -4.65. The summed E-state index contributed by atoms with van der Waals surface area (Å²) >= 11 is 6.25. The Morgan fingerprint density at radius 3 is 2.46 bits per heavy atom. The second-order valence-electron chi connectivity index (χ2n) is 18.4. The Kier molecular flexibility index (Phi) is 11.9. The van der Waals surface area contributed by atoms with Crippen molar-refractivity contribution >= 4 is 72.2 Å². The molecule has 0 atom stereocenters. The van der Waals surface area contributed by atoms with E-state index in [0.29, 0.717) is 48.5 Å². The highest BCUT2D eigenvalue weighted by atomic mass is 35.5. The van der Waals surface area contributed by atoms with E-state index in [0.717, 1.165) is 67.1 Å². The van der Waals surface area contributed by atoms with Gasteiger partial charge in [0.05, 0.1) is 32.8 Å². The van der Waals surface area contributed by atoms with E-state index in [9.17, 15) is 23.3 Å². The van der Waals surface area contributed by atoms with Crippen LogP contribution in [0.4, 0.5) is 21.5 Å². The molecule has 2 fully saturated rings. The minimum Gasteiger partial charge on any atom is -0.376 e. The van der Waals surface area contributed by atoms with Gasteiger partial charge in [-0.2, -0.15) is 5.10 Å².